The fourth-order valence-electron chi connectivity index (χ4n) is 5.93. The van der Waals surface area contributed by atoms with Gasteiger partial charge in [0.1, 0.15) is 17.3 Å². The number of aromatic nitrogens is 3. The van der Waals surface area contributed by atoms with Crippen LogP contribution in [0.2, 0.25) is 0 Å². The van der Waals surface area contributed by atoms with E-state index in [2.05, 4.69) is 52.8 Å². The van der Waals surface area contributed by atoms with Crippen LogP contribution in [-0.4, -0.2) is 79.9 Å². The van der Waals surface area contributed by atoms with Crippen LogP contribution in [0, 0.1) is 0 Å². The average Bonchev–Trinajstić information content (AvgIpc) is 2.97. The molecule has 1 N–H and O–H groups in total. The second-order valence-electron chi connectivity index (χ2n) is 10.1. The lowest BCUT2D eigenvalue weighted by atomic mass is 9.88. The Bertz CT molecular complexity index is 1340. The fraction of sp³-hybridized carbons (Fsp3) is 0.444. The largest absolute Gasteiger partial charge is 0.490 e. The molecule has 0 spiro atoms. The Morgan fingerprint density at radius 1 is 0.895 bits per heavy atom. The highest BCUT2D eigenvalue weighted by molar-refractivity contribution is 7.92. The van der Waals surface area contributed by atoms with E-state index < -0.39 is 10.0 Å². The van der Waals surface area contributed by atoms with E-state index in [0.717, 1.165) is 50.8 Å². The number of rotatable bonds is 6. The van der Waals surface area contributed by atoms with Crippen LogP contribution in [0.5, 0.6) is 5.75 Å². The first-order valence-corrected chi connectivity index (χ1v) is 14.8. The Hall–Kier alpha value is -3.44. The number of anilines is 3. The van der Waals surface area contributed by atoms with Gasteiger partial charge in [-0.15, -0.1) is 5.10 Å². The summed E-state index contributed by atoms with van der Waals surface area (Å²) in [6.07, 6.45) is 9.37. The maximum Gasteiger partial charge on any atom is 0.264 e. The van der Waals surface area contributed by atoms with E-state index in [4.69, 9.17) is 4.74 Å². The van der Waals surface area contributed by atoms with Gasteiger partial charge in [-0.2, -0.15) is 5.10 Å². The van der Waals surface area contributed by atoms with E-state index in [-0.39, 0.29) is 10.7 Å². The van der Waals surface area contributed by atoms with Crippen molar-refractivity contribution in [2.24, 2.45) is 0 Å². The van der Waals surface area contributed by atoms with Gasteiger partial charge in [0.05, 0.1) is 24.1 Å². The second kappa shape index (κ2) is 10.7. The zero-order valence-electron chi connectivity index (χ0n) is 21.3. The zero-order chi connectivity index (χ0) is 26.0. The normalized spacial score (nSPS) is 22.4. The highest BCUT2D eigenvalue weighted by Crippen LogP contribution is 2.37. The van der Waals surface area contributed by atoms with E-state index in [9.17, 15) is 8.42 Å². The molecule has 4 heterocycles. The second-order valence-corrected chi connectivity index (χ2v) is 11.8. The third kappa shape index (κ3) is 5.25. The monoisotopic (exact) mass is 535 g/mol. The maximum absolute atomic E-state index is 12.6. The fourth-order valence-corrected chi connectivity index (χ4v) is 6.88. The molecule has 38 heavy (non-hydrogen) atoms. The molecule has 3 aromatic rings. The number of nitrogens with zero attached hydrogens (tertiary/aromatic N) is 6. The summed E-state index contributed by atoms with van der Waals surface area (Å²) in [6, 6.07) is 14.4. The summed E-state index contributed by atoms with van der Waals surface area (Å²) in [5.41, 5.74) is 2.11. The minimum absolute atomic E-state index is 0.0911. The summed E-state index contributed by atoms with van der Waals surface area (Å²) in [7, 11) is -3.77. The summed E-state index contributed by atoms with van der Waals surface area (Å²) >= 11 is 0. The van der Waals surface area contributed by atoms with Crippen molar-refractivity contribution in [1.29, 1.82) is 0 Å². The third-order valence-corrected chi connectivity index (χ3v) is 9.23. The highest BCUT2D eigenvalue weighted by atomic mass is 32.2. The van der Waals surface area contributed by atoms with Crippen LogP contribution in [0.15, 0.2) is 66.0 Å². The van der Waals surface area contributed by atoms with Gasteiger partial charge in [-0.1, -0.05) is 12.1 Å². The lowest BCUT2D eigenvalue weighted by molar-refractivity contribution is 0.139. The molecule has 0 bridgehead atoms. The summed E-state index contributed by atoms with van der Waals surface area (Å²) in [4.78, 5) is 11.4. The van der Waals surface area contributed by atoms with Gasteiger partial charge in [0, 0.05) is 56.7 Å². The SMILES string of the molecule is O=S(=O)(Nc1cc(N2CCN(C3CCC(N4CCOc5ccccc54)CC3)CC2)cnn1)c1cccnc1. The molecule has 11 heteroatoms. The van der Waals surface area contributed by atoms with Crippen LogP contribution in [0.3, 0.4) is 0 Å². The van der Waals surface area contributed by atoms with E-state index in [1.165, 1.54) is 49.8 Å². The molecular formula is C27H33N7O3S. The number of nitrogens with one attached hydrogen (secondary N) is 1. The van der Waals surface area contributed by atoms with Gasteiger partial charge >= 0.3 is 0 Å². The van der Waals surface area contributed by atoms with Gasteiger partial charge in [-0.25, -0.2) is 8.42 Å². The van der Waals surface area contributed by atoms with Crippen molar-refractivity contribution in [3.8, 4) is 5.75 Å². The van der Waals surface area contributed by atoms with Crippen molar-refractivity contribution in [2.75, 3.05) is 53.9 Å². The predicted octanol–water partition coefficient (Wildman–Crippen LogP) is 3.00. The van der Waals surface area contributed by atoms with Crippen molar-refractivity contribution in [1.82, 2.24) is 20.1 Å². The molecule has 2 aromatic heterocycles. The topological polar surface area (TPSA) is 104 Å². The highest BCUT2D eigenvalue weighted by Gasteiger charge is 2.32. The Kier molecular flexibility index (Phi) is 7.03. The number of hydrogen-bond acceptors (Lipinski definition) is 9. The first-order chi connectivity index (χ1) is 18.6. The van der Waals surface area contributed by atoms with Crippen LogP contribution in [0.1, 0.15) is 25.7 Å². The molecule has 1 saturated carbocycles. The van der Waals surface area contributed by atoms with Crippen molar-refractivity contribution in [3.63, 3.8) is 0 Å². The third-order valence-electron chi connectivity index (χ3n) is 7.89. The van der Waals surface area contributed by atoms with Crippen molar-refractivity contribution in [3.05, 3.63) is 61.1 Å². The number of fused-ring (bicyclic) bond motifs is 1. The number of ether oxygens (including phenoxy) is 1. The smallest absolute Gasteiger partial charge is 0.264 e. The number of benzene rings is 1. The van der Waals surface area contributed by atoms with Gasteiger partial charge in [0.15, 0.2) is 5.82 Å². The van der Waals surface area contributed by atoms with Crippen LogP contribution < -0.4 is 19.3 Å². The van der Waals surface area contributed by atoms with Gasteiger partial charge < -0.3 is 14.5 Å². The lowest BCUT2D eigenvalue weighted by Crippen LogP contribution is -2.53. The molecule has 0 atom stereocenters. The van der Waals surface area contributed by atoms with Crippen LogP contribution in [0.25, 0.3) is 0 Å². The van der Waals surface area contributed by atoms with E-state index >= 15 is 0 Å². The van der Waals surface area contributed by atoms with Gasteiger partial charge in [-0.3, -0.25) is 14.6 Å². The summed E-state index contributed by atoms with van der Waals surface area (Å²) in [6.45, 7) is 5.43. The number of para-hydroxylation sites is 2. The lowest BCUT2D eigenvalue weighted by Gasteiger charge is -2.45. The number of sulfonamides is 1. The molecule has 2 fully saturated rings. The predicted molar refractivity (Wildman–Crippen MR) is 146 cm³/mol. The van der Waals surface area contributed by atoms with Gasteiger partial charge in [-0.05, 0) is 49.9 Å². The molecule has 0 unspecified atom stereocenters. The molecule has 0 amide bonds. The first-order valence-electron chi connectivity index (χ1n) is 13.3. The zero-order valence-corrected chi connectivity index (χ0v) is 22.1. The summed E-state index contributed by atoms with van der Waals surface area (Å²) in [5, 5.41) is 8.04. The van der Waals surface area contributed by atoms with E-state index in [1.807, 2.05) is 6.07 Å². The maximum atomic E-state index is 12.6. The van der Waals surface area contributed by atoms with Crippen molar-refractivity contribution < 1.29 is 13.2 Å². The quantitative estimate of drug-likeness (QED) is 0.510. The average molecular weight is 536 g/mol. The standard InChI is InChI=1S/C27H33N7O3S/c35-38(36,24-4-3-11-28-20-24)31-27-18-23(19-29-30-27)33-14-12-32(13-15-33)21-7-9-22(10-8-21)34-16-17-37-26-6-2-1-5-25(26)34/h1-6,11,18-22H,7-10,12-17H2,(H,30,31). The Morgan fingerprint density at radius 2 is 1.68 bits per heavy atom. The Balaban J connectivity index is 1.03. The van der Waals surface area contributed by atoms with E-state index in [1.54, 1.807) is 18.3 Å². The molecule has 1 aliphatic carbocycles. The molecule has 200 valence electrons. The molecular weight excluding hydrogens is 502 g/mol. The summed E-state index contributed by atoms with van der Waals surface area (Å²) in [5.74, 6) is 1.22. The molecule has 0 radical (unpaired) electrons. The Labute approximate surface area is 223 Å². The molecule has 6 rings (SSSR count). The molecule has 2 aliphatic heterocycles. The van der Waals surface area contributed by atoms with Gasteiger partial charge in [0.25, 0.3) is 10.0 Å². The van der Waals surface area contributed by atoms with Crippen LogP contribution in [-0.2, 0) is 10.0 Å². The Morgan fingerprint density at radius 3 is 2.47 bits per heavy atom. The van der Waals surface area contributed by atoms with Gasteiger partial charge in [0.2, 0.25) is 0 Å². The first kappa shape index (κ1) is 24.9. The van der Waals surface area contributed by atoms with Crippen LogP contribution in [0.4, 0.5) is 17.2 Å². The summed E-state index contributed by atoms with van der Waals surface area (Å²) < 4.78 is 33.7. The minimum Gasteiger partial charge on any atom is -0.490 e. The minimum atomic E-state index is -3.77. The molecule has 3 aliphatic rings. The van der Waals surface area contributed by atoms with Crippen LogP contribution >= 0.6 is 0 Å². The number of pyridine rings is 1. The molecule has 1 saturated heterocycles. The van der Waals surface area contributed by atoms with Crippen molar-refractivity contribution >= 4 is 27.2 Å². The van der Waals surface area contributed by atoms with Crippen molar-refractivity contribution in [2.45, 2.75) is 42.7 Å². The molecule has 10 nitrogen and oxygen atoms in total. The number of piperazine rings is 1. The molecule has 1 aromatic carbocycles. The number of hydrogen-bond donors (Lipinski definition) is 1. The van der Waals surface area contributed by atoms with E-state index in [0.29, 0.717) is 12.1 Å².